The van der Waals surface area contributed by atoms with E-state index in [-0.39, 0.29) is 8.31 Å². The molecule has 0 aliphatic rings. The lowest BCUT2D eigenvalue weighted by atomic mass is 11.0. The Balaban J connectivity index is 2.75. The van der Waals surface area contributed by atoms with Crippen LogP contribution in [-0.2, 0) is 0 Å². The van der Waals surface area contributed by atoms with Crippen molar-refractivity contribution in [3.63, 3.8) is 0 Å². The average molecular weight is 134 g/mol. The molecule has 0 aromatic heterocycles. The highest BCUT2D eigenvalue weighted by atomic mass is 29.5. The van der Waals surface area contributed by atoms with E-state index in [0.717, 1.165) is 0 Å². The molecule has 0 saturated carbocycles. The molecule has 0 rings (SSSR count). The molecule has 0 bridgehead atoms. The second kappa shape index (κ2) is 3.83. The van der Waals surface area contributed by atoms with Crippen molar-refractivity contribution >= 4 is 26.6 Å². The molecule has 38 valence electrons. The van der Waals surface area contributed by atoms with Gasteiger partial charge in [0.25, 0.3) is 0 Å². The van der Waals surface area contributed by atoms with Gasteiger partial charge in [0.2, 0.25) is 0 Å². The third-order valence-electron chi connectivity index (χ3n) is 1.39. The Labute approximate surface area is 46.8 Å². The summed E-state index contributed by atoms with van der Waals surface area (Å²) in [5.74, 6) is 0. The Morgan fingerprint density at radius 1 is 1.83 bits per heavy atom. The molecular weight excluding hydrogens is 120 g/mol. The van der Waals surface area contributed by atoms with Gasteiger partial charge < -0.3 is 0 Å². The molecule has 0 heterocycles. The second-order valence-corrected chi connectivity index (χ2v) is 19.7. The molecule has 0 fully saturated rings. The Bertz CT molecular complexity index is 25.2. The van der Waals surface area contributed by atoms with Crippen LogP contribution < -0.4 is 0 Å². The summed E-state index contributed by atoms with van der Waals surface area (Å²) in [5, 5.41) is 0. The van der Waals surface area contributed by atoms with Crippen LogP contribution in [0.4, 0.5) is 0 Å². The van der Waals surface area contributed by atoms with Crippen LogP contribution in [0, 0.1) is 0 Å². The number of rotatable bonds is 2. The van der Waals surface area contributed by atoms with E-state index in [2.05, 4.69) is 13.5 Å². The molecule has 0 aliphatic carbocycles. The van der Waals surface area contributed by atoms with E-state index in [0.29, 0.717) is 8.55 Å². The first-order chi connectivity index (χ1) is 2.81. The summed E-state index contributed by atoms with van der Waals surface area (Å²) in [7, 11) is 2.24. The van der Waals surface area contributed by atoms with Crippen molar-refractivity contribution in [3.05, 3.63) is 0 Å². The highest BCUT2D eigenvalue weighted by Crippen LogP contribution is 1.82. The molecule has 0 saturated heterocycles. The maximum Gasteiger partial charge on any atom is 0.0173 e. The van der Waals surface area contributed by atoms with Crippen LogP contribution >= 0.6 is 0 Å². The van der Waals surface area contributed by atoms with Crippen LogP contribution in [0.5, 0.6) is 0 Å². The Kier molecular flexibility index (Phi) is 4.24. The molecule has 1 atom stereocenters. The highest BCUT2D eigenvalue weighted by Gasteiger charge is 1.92. The molecule has 0 N–H and O–H groups in total. The maximum absolute atomic E-state index is 2.51. The zero-order chi connectivity index (χ0) is 4.99. The summed E-state index contributed by atoms with van der Waals surface area (Å²) in [6.45, 7) is 4.86. The van der Waals surface area contributed by atoms with E-state index in [1.807, 2.05) is 0 Å². The summed E-state index contributed by atoms with van der Waals surface area (Å²) >= 11 is 0. The number of hydrogen-bond acceptors (Lipinski definition) is 0. The van der Waals surface area contributed by atoms with Gasteiger partial charge in [-0.1, -0.05) is 19.5 Å². The van der Waals surface area contributed by atoms with Gasteiger partial charge in [0.05, 0.1) is 0 Å². The Hall–Kier alpha value is 0.651. The highest BCUT2D eigenvalue weighted by molar-refractivity contribution is 7.30. The van der Waals surface area contributed by atoms with Gasteiger partial charge in [-0.05, 0) is 18.3 Å². The third-order valence-corrected chi connectivity index (χ3v) is 22.6. The van der Waals surface area contributed by atoms with Gasteiger partial charge in [-0.2, -0.15) is 0 Å². The van der Waals surface area contributed by atoms with E-state index in [1.54, 1.807) is 15.8 Å². The lowest BCUT2D eigenvalue weighted by Crippen LogP contribution is -2.15. The monoisotopic (exact) mass is 134 g/mol. The predicted molar refractivity (Wildman–Crippen MR) is 42.0 cm³/mol. The zero-order valence-electron chi connectivity index (χ0n) is 4.99. The minimum atomic E-state index is 0.0401. The summed E-state index contributed by atoms with van der Waals surface area (Å²) in [6.07, 6.45) is 0. The van der Waals surface area contributed by atoms with Crippen LogP contribution in [0.15, 0.2) is 0 Å². The molecule has 0 amide bonds. The standard InChI is InChI=1S/C3H14Si3/c1-3-6(2)5-4/h6H,3,5H2,1-2,4H3. The molecule has 0 aromatic carbocycles. The maximum atomic E-state index is 2.51. The SMILES string of the molecule is CC[SiH](C)[SiH2][SiH3]. The van der Waals surface area contributed by atoms with Crippen molar-refractivity contribution in [3.8, 4) is 0 Å². The largest absolute Gasteiger partial charge is 0.0746 e. The van der Waals surface area contributed by atoms with Gasteiger partial charge >= 0.3 is 0 Å². The minimum Gasteiger partial charge on any atom is -0.0746 e. The first kappa shape index (κ1) is 6.65. The minimum absolute atomic E-state index is 0.0401. The Morgan fingerprint density at radius 3 is 2.33 bits per heavy atom. The summed E-state index contributed by atoms with van der Waals surface area (Å²) in [5.41, 5.74) is 0. The third kappa shape index (κ3) is 2.87. The molecule has 1 unspecified atom stereocenters. The molecular formula is C3H14Si3. The molecule has 0 aliphatic heterocycles. The summed E-state index contributed by atoms with van der Waals surface area (Å²) in [4.78, 5) is 0. The van der Waals surface area contributed by atoms with Crippen molar-refractivity contribution in [2.24, 2.45) is 0 Å². The van der Waals surface area contributed by atoms with Crippen LogP contribution in [-0.4, -0.2) is 26.6 Å². The van der Waals surface area contributed by atoms with Crippen molar-refractivity contribution in [1.82, 2.24) is 0 Å². The lowest BCUT2D eigenvalue weighted by Gasteiger charge is -1.95. The van der Waals surface area contributed by atoms with Crippen molar-refractivity contribution < 1.29 is 0 Å². The summed E-state index contributed by atoms with van der Waals surface area (Å²) in [6, 6.07) is 1.57. The van der Waals surface area contributed by atoms with E-state index in [4.69, 9.17) is 0 Å². The fourth-order valence-electron chi connectivity index (χ4n) is 0.289. The van der Waals surface area contributed by atoms with Crippen molar-refractivity contribution in [1.29, 1.82) is 0 Å². The fourth-order valence-corrected chi connectivity index (χ4v) is 7.79. The van der Waals surface area contributed by atoms with Gasteiger partial charge in [0.1, 0.15) is 0 Å². The van der Waals surface area contributed by atoms with E-state index in [9.17, 15) is 0 Å². The lowest BCUT2D eigenvalue weighted by molar-refractivity contribution is 1.44. The van der Waals surface area contributed by atoms with Gasteiger partial charge in [-0.25, -0.2) is 0 Å². The normalized spacial score (nSPS) is 17.0. The molecule has 0 radical (unpaired) electrons. The zero-order valence-corrected chi connectivity index (χ0v) is 9.56. The predicted octanol–water partition coefficient (Wildman–Crippen LogP) is -1.19. The first-order valence-electron chi connectivity index (χ1n) is 2.81. The van der Waals surface area contributed by atoms with Gasteiger partial charge in [-0.3, -0.25) is 0 Å². The van der Waals surface area contributed by atoms with E-state index in [1.165, 1.54) is 0 Å². The molecule has 6 heavy (non-hydrogen) atoms. The van der Waals surface area contributed by atoms with Crippen LogP contribution in [0.3, 0.4) is 0 Å². The number of hydrogen-bond donors (Lipinski definition) is 0. The molecule has 0 spiro atoms. The fraction of sp³-hybridized carbons (Fsp3) is 1.00. The smallest absolute Gasteiger partial charge is 0.0173 e. The van der Waals surface area contributed by atoms with E-state index >= 15 is 0 Å². The van der Waals surface area contributed by atoms with Crippen molar-refractivity contribution in [2.45, 2.75) is 19.5 Å². The van der Waals surface area contributed by atoms with Crippen LogP contribution in [0.2, 0.25) is 12.6 Å². The quantitative estimate of drug-likeness (QED) is 0.417. The first-order valence-corrected chi connectivity index (χ1v) is 13.7. The van der Waals surface area contributed by atoms with E-state index < -0.39 is 0 Å². The summed E-state index contributed by atoms with van der Waals surface area (Å²) < 4.78 is 0. The van der Waals surface area contributed by atoms with Gasteiger partial charge in [0, 0.05) is 8.31 Å². The van der Waals surface area contributed by atoms with Gasteiger partial charge in [-0.15, -0.1) is 0 Å². The second-order valence-electron chi connectivity index (χ2n) is 1.92. The van der Waals surface area contributed by atoms with Crippen molar-refractivity contribution in [2.75, 3.05) is 0 Å². The molecule has 0 nitrogen and oxygen atoms in total. The van der Waals surface area contributed by atoms with Crippen LogP contribution in [0.1, 0.15) is 6.92 Å². The topological polar surface area (TPSA) is 0 Å². The average Bonchev–Trinajstić information content (AvgIpc) is 1.65. The molecule has 0 aromatic rings. The molecule has 3 heteroatoms. The Morgan fingerprint density at radius 2 is 2.33 bits per heavy atom. The van der Waals surface area contributed by atoms with Crippen LogP contribution in [0.25, 0.3) is 0 Å². The van der Waals surface area contributed by atoms with Gasteiger partial charge in [0.15, 0.2) is 0 Å².